The molecular formula is C7H8ClN3O3. The minimum atomic E-state index is -0.707. The molecule has 14 heavy (non-hydrogen) atoms. The van der Waals surface area contributed by atoms with Crippen molar-refractivity contribution in [2.75, 3.05) is 7.05 Å². The first-order chi connectivity index (χ1) is 6.54. The van der Waals surface area contributed by atoms with E-state index in [2.05, 4.69) is 15.2 Å². The average molecular weight is 218 g/mol. The highest BCUT2D eigenvalue weighted by Crippen LogP contribution is 2.18. The van der Waals surface area contributed by atoms with Crippen LogP contribution in [0.2, 0.25) is 5.15 Å². The van der Waals surface area contributed by atoms with Crippen molar-refractivity contribution >= 4 is 17.7 Å². The zero-order valence-corrected chi connectivity index (χ0v) is 8.33. The van der Waals surface area contributed by atoms with Crippen molar-refractivity contribution in [3.8, 4) is 5.75 Å². The fourth-order valence-electron chi connectivity index (χ4n) is 0.718. The molecule has 0 bridgehead atoms. The lowest BCUT2D eigenvalue weighted by Crippen LogP contribution is -2.25. The van der Waals surface area contributed by atoms with Crippen LogP contribution in [0.1, 0.15) is 0 Å². The first kappa shape index (κ1) is 10.5. The summed E-state index contributed by atoms with van der Waals surface area (Å²) < 4.78 is 5.71. The molecule has 0 aliphatic carbocycles. The number of aryl methyl sites for hydroxylation is 1. The van der Waals surface area contributed by atoms with E-state index in [0.717, 1.165) is 10.7 Å². The van der Waals surface area contributed by atoms with Gasteiger partial charge in [0.05, 0.1) is 6.07 Å². The van der Waals surface area contributed by atoms with Crippen molar-refractivity contribution in [1.82, 2.24) is 15.1 Å². The van der Waals surface area contributed by atoms with Crippen LogP contribution in [0.15, 0.2) is 10.9 Å². The molecular weight excluding hydrogens is 210 g/mol. The Hall–Kier alpha value is -1.56. The normalized spacial score (nSPS) is 9.64. The van der Waals surface area contributed by atoms with Crippen LogP contribution in [0.3, 0.4) is 0 Å². The molecule has 1 aromatic heterocycles. The van der Waals surface area contributed by atoms with Crippen LogP contribution in [-0.4, -0.2) is 22.9 Å². The molecule has 0 aromatic carbocycles. The van der Waals surface area contributed by atoms with E-state index < -0.39 is 11.7 Å². The molecule has 7 heteroatoms. The number of halogens is 1. The third kappa shape index (κ3) is 2.23. The minimum absolute atomic E-state index is 0.0456. The largest absolute Gasteiger partial charge is 0.412 e. The van der Waals surface area contributed by atoms with Gasteiger partial charge in [0.1, 0.15) is 0 Å². The number of nitrogens with zero attached hydrogens (tertiary/aromatic N) is 2. The maximum Gasteiger partial charge on any atom is 0.412 e. The maximum atomic E-state index is 11.1. The molecule has 6 nitrogen and oxygen atoms in total. The smallest absolute Gasteiger partial charge is 0.407 e. The Morgan fingerprint density at radius 3 is 2.93 bits per heavy atom. The number of amides is 1. The van der Waals surface area contributed by atoms with Crippen LogP contribution in [0.5, 0.6) is 5.75 Å². The highest BCUT2D eigenvalue weighted by molar-refractivity contribution is 6.30. The van der Waals surface area contributed by atoms with Gasteiger partial charge in [-0.25, -0.2) is 9.48 Å². The van der Waals surface area contributed by atoms with Gasteiger partial charge in [0, 0.05) is 14.1 Å². The standard InChI is InChI=1S/C7H8ClN3O3/c1-9-7(13)14-4-3-5(12)11(2)10-6(4)8/h3H,1-2H3,(H,9,13). The van der Waals surface area contributed by atoms with Crippen LogP contribution in [0.25, 0.3) is 0 Å². The molecule has 1 rings (SSSR count). The lowest BCUT2D eigenvalue weighted by atomic mass is 10.5. The summed E-state index contributed by atoms with van der Waals surface area (Å²) in [5.41, 5.74) is -0.409. The second-order valence-corrected chi connectivity index (χ2v) is 2.76. The Balaban J connectivity index is 3.04. The van der Waals surface area contributed by atoms with Gasteiger partial charge in [0.25, 0.3) is 5.56 Å². The molecule has 1 heterocycles. The maximum absolute atomic E-state index is 11.1. The van der Waals surface area contributed by atoms with E-state index in [-0.39, 0.29) is 10.9 Å². The Morgan fingerprint density at radius 1 is 1.71 bits per heavy atom. The quantitative estimate of drug-likeness (QED) is 0.727. The number of nitrogens with one attached hydrogen (secondary N) is 1. The number of hydrogen-bond donors (Lipinski definition) is 1. The van der Waals surface area contributed by atoms with E-state index in [1.54, 1.807) is 0 Å². The Labute approximate surface area is 84.4 Å². The highest BCUT2D eigenvalue weighted by atomic mass is 35.5. The van der Waals surface area contributed by atoms with Gasteiger partial charge in [-0.15, -0.1) is 0 Å². The number of hydrogen-bond acceptors (Lipinski definition) is 4. The molecule has 0 spiro atoms. The molecule has 0 unspecified atom stereocenters. The van der Waals surface area contributed by atoms with Gasteiger partial charge < -0.3 is 10.1 Å². The van der Waals surface area contributed by atoms with E-state index in [4.69, 9.17) is 11.6 Å². The first-order valence-corrected chi connectivity index (χ1v) is 4.06. The van der Waals surface area contributed by atoms with Crippen LogP contribution >= 0.6 is 11.6 Å². The lowest BCUT2D eigenvalue weighted by Gasteiger charge is -2.04. The fraction of sp³-hybridized carbons (Fsp3) is 0.286. The van der Waals surface area contributed by atoms with Gasteiger partial charge in [0.2, 0.25) is 0 Å². The third-order valence-electron chi connectivity index (χ3n) is 1.42. The van der Waals surface area contributed by atoms with Gasteiger partial charge in [-0.1, -0.05) is 11.6 Å². The van der Waals surface area contributed by atoms with Crippen molar-refractivity contribution in [3.63, 3.8) is 0 Å². The highest BCUT2D eigenvalue weighted by Gasteiger charge is 2.09. The fourth-order valence-corrected chi connectivity index (χ4v) is 0.924. The molecule has 0 saturated heterocycles. The summed E-state index contributed by atoms with van der Waals surface area (Å²) in [4.78, 5) is 21.9. The molecule has 1 aromatic rings. The predicted octanol–water partition coefficient (Wildman–Crippen LogP) is 0.152. The van der Waals surface area contributed by atoms with Gasteiger partial charge in [-0.3, -0.25) is 4.79 Å². The summed E-state index contributed by atoms with van der Waals surface area (Å²) in [7, 11) is 2.84. The number of carbonyl (C=O) groups is 1. The van der Waals surface area contributed by atoms with Gasteiger partial charge in [0.15, 0.2) is 10.9 Å². The summed E-state index contributed by atoms with van der Waals surface area (Å²) in [6.45, 7) is 0. The van der Waals surface area contributed by atoms with Crippen molar-refractivity contribution in [2.24, 2.45) is 7.05 Å². The summed E-state index contributed by atoms with van der Waals surface area (Å²) in [5, 5.41) is 5.80. The van der Waals surface area contributed by atoms with E-state index in [1.807, 2.05) is 0 Å². The molecule has 1 N–H and O–H groups in total. The summed E-state index contributed by atoms with van der Waals surface area (Å²) in [6, 6.07) is 1.09. The van der Waals surface area contributed by atoms with Gasteiger partial charge >= 0.3 is 6.09 Å². The van der Waals surface area contributed by atoms with E-state index in [1.165, 1.54) is 14.1 Å². The monoisotopic (exact) mass is 217 g/mol. The topological polar surface area (TPSA) is 73.2 Å². The lowest BCUT2D eigenvalue weighted by molar-refractivity contribution is 0.202. The molecule has 0 radical (unpaired) electrons. The molecule has 0 saturated carbocycles. The van der Waals surface area contributed by atoms with Crippen molar-refractivity contribution < 1.29 is 9.53 Å². The average Bonchev–Trinajstić information content (AvgIpc) is 2.14. The minimum Gasteiger partial charge on any atom is -0.407 e. The summed E-state index contributed by atoms with van der Waals surface area (Å²) in [6.07, 6.45) is -0.707. The molecule has 1 amide bonds. The zero-order chi connectivity index (χ0) is 10.7. The van der Waals surface area contributed by atoms with Crippen molar-refractivity contribution in [3.05, 3.63) is 21.6 Å². The van der Waals surface area contributed by atoms with Crippen molar-refractivity contribution in [2.45, 2.75) is 0 Å². The van der Waals surface area contributed by atoms with E-state index in [0.29, 0.717) is 0 Å². The Kier molecular flexibility index (Phi) is 3.08. The number of aromatic nitrogens is 2. The molecule has 0 aliphatic heterocycles. The second kappa shape index (κ2) is 4.10. The van der Waals surface area contributed by atoms with E-state index in [9.17, 15) is 9.59 Å². The number of rotatable bonds is 1. The Bertz CT molecular complexity index is 415. The molecule has 76 valence electrons. The molecule has 0 fully saturated rings. The summed E-state index contributed by atoms with van der Waals surface area (Å²) in [5.74, 6) is -0.0610. The van der Waals surface area contributed by atoms with Gasteiger partial charge in [-0.05, 0) is 0 Å². The van der Waals surface area contributed by atoms with Crippen LogP contribution < -0.4 is 15.6 Å². The van der Waals surface area contributed by atoms with Gasteiger partial charge in [-0.2, -0.15) is 5.10 Å². The van der Waals surface area contributed by atoms with Crippen molar-refractivity contribution in [1.29, 1.82) is 0 Å². The van der Waals surface area contributed by atoms with Crippen LogP contribution in [0, 0.1) is 0 Å². The first-order valence-electron chi connectivity index (χ1n) is 3.68. The van der Waals surface area contributed by atoms with Crippen LogP contribution in [-0.2, 0) is 7.05 Å². The van der Waals surface area contributed by atoms with Crippen LogP contribution in [0.4, 0.5) is 4.79 Å². The number of carbonyl (C=O) groups excluding carboxylic acids is 1. The SMILES string of the molecule is CNC(=O)Oc1cc(=O)n(C)nc1Cl. The predicted molar refractivity (Wildman–Crippen MR) is 49.6 cm³/mol. The van der Waals surface area contributed by atoms with E-state index >= 15 is 0 Å². The second-order valence-electron chi connectivity index (χ2n) is 2.40. The number of ether oxygens (including phenoxy) is 1. The molecule has 0 atom stereocenters. The summed E-state index contributed by atoms with van der Waals surface area (Å²) >= 11 is 5.63. The zero-order valence-electron chi connectivity index (χ0n) is 7.57. The molecule has 0 aliphatic rings. The third-order valence-corrected chi connectivity index (χ3v) is 1.68. The Morgan fingerprint density at radius 2 is 2.36 bits per heavy atom.